The van der Waals surface area contributed by atoms with E-state index in [2.05, 4.69) is 5.32 Å². The second kappa shape index (κ2) is 3.72. The van der Waals surface area contributed by atoms with Gasteiger partial charge in [-0.05, 0) is 12.8 Å². The van der Waals surface area contributed by atoms with Crippen LogP contribution in [0.15, 0.2) is 0 Å². The van der Waals surface area contributed by atoms with Gasteiger partial charge in [0.05, 0.1) is 12.1 Å². The highest BCUT2D eigenvalue weighted by Crippen LogP contribution is 2.13. The predicted molar refractivity (Wildman–Crippen MR) is 42.1 cm³/mol. The van der Waals surface area contributed by atoms with Crippen LogP contribution in [-0.2, 0) is 4.79 Å². The standard InChI is InChI=1S/C8H15NO2/c1-2-3-7(10)6-4-5-8(11)9-6/h6-7,10H,2-5H2,1H3,(H,9,11). The number of aliphatic hydroxyl groups is 1. The van der Waals surface area contributed by atoms with Crippen molar-refractivity contribution in [1.82, 2.24) is 5.32 Å². The van der Waals surface area contributed by atoms with Gasteiger partial charge in [0.2, 0.25) is 5.91 Å². The van der Waals surface area contributed by atoms with Crippen LogP contribution in [0, 0.1) is 0 Å². The molecule has 1 aliphatic rings. The molecule has 2 unspecified atom stereocenters. The molecule has 3 nitrogen and oxygen atoms in total. The first kappa shape index (κ1) is 8.53. The summed E-state index contributed by atoms with van der Waals surface area (Å²) in [5, 5.41) is 12.2. The highest BCUT2D eigenvalue weighted by Gasteiger charge is 2.26. The van der Waals surface area contributed by atoms with Gasteiger partial charge in [-0.3, -0.25) is 4.79 Å². The fourth-order valence-corrected chi connectivity index (χ4v) is 1.42. The third-order valence-corrected chi connectivity index (χ3v) is 2.08. The number of carbonyl (C=O) groups is 1. The summed E-state index contributed by atoms with van der Waals surface area (Å²) < 4.78 is 0. The highest BCUT2D eigenvalue weighted by atomic mass is 16.3. The van der Waals surface area contributed by atoms with E-state index in [-0.39, 0.29) is 18.1 Å². The lowest BCUT2D eigenvalue weighted by molar-refractivity contribution is -0.119. The minimum Gasteiger partial charge on any atom is -0.391 e. The van der Waals surface area contributed by atoms with E-state index in [0.29, 0.717) is 6.42 Å². The Bertz CT molecular complexity index is 147. The van der Waals surface area contributed by atoms with E-state index < -0.39 is 0 Å². The Labute approximate surface area is 66.8 Å². The lowest BCUT2D eigenvalue weighted by Crippen LogP contribution is -2.36. The predicted octanol–water partition coefficient (Wildman–Crippen LogP) is 0.426. The van der Waals surface area contributed by atoms with Gasteiger partial charge in [-0.1, -0.05) is 13.3 Å². The smallest absolute Gasteiger partial charge is 0.220 e. The number of nitrogens with one attached hydrogen (secondary N) is 1. The Morgan fingerprint density at radius 1 is 1.82 bits per heavy atom. The molecule has 0 aliphatic carbocycles. The Morgan fingerprint density at radius 2 is 2.55 bits per heavy atom. The zero-order valence-corrected chi connectivity index (χ0v) is 6.84. The van der Waals surface area contributed by atoms with E-state index in [0.717, 1.165) is 19.3 Å². The van der Waals surface area contributed by atoms with E-state index in [1.807, 2.05) is 6.92 Å². The summed E-state index contributed by atoms with van der Waals surface area (Å²) in [5.41, 5.74) is 0. The Balaban J connectivity index is 2.30. The molecule has 2 N–H and O–H groups in total. The molecule has 1 fully saturated rings. The maximum Gasteiger partial charge on any atom is 0.220 e. The van der Waals surface area contributed by atoms with Crippen LogP contribution in [0.5, 0.6) is 0 Å². The molecule has 1 rings (SSSR count). The third kappa shape index (κ3) is 2.19. The van der Waals surface area contributed by atoms with E-state index in [4.69, 9.17) is 0 Å². The summed E-state index contributed by atoms with van der Waals surface area (Å²) in [5.74, 6) is 0.0742. The number of hydrogen-bond donors (Lipinski definition) is 2. The molecule has 0 aromatic heterocycles. The topological polar surface area (TPSA) is 49.3 Å². The Kier molecular flexibility index (Phi) is 2.88. The van der Waals surface area contributed by atoms with Gasteiger partial charge in [0, 0.05) is 6.42 Å². The lowest BCUT2D eigenvalue weighted by Gasteiger charge is -2.16. The van der Waals surface area contributed by atoms with Crippen LogP contribution in [-0.4, -0.2) is 23.2 Å². The maximum absolute atomic E-state index is 10.7. The highest BCUT2D eigenvalue weighted by molar-refractivity contribution is 5.78. The van der Waals surface area contributed by atoms with Crippen LogP contribution >= 0.6 is 0 Å². The van der Waals surface area contributed by atoms with Crippen molar-refractivity contribution in [2.75, 3.05) is 0 Å². The summed E-state index contributed by atoms with van der Waals surface area (Å²) in [6.45, 7) is 2.03. The van der Waals surface area contributed by atoms with E-state index in [1.165, 1.54) is 0 Å². The van der Waals surface area contributed by atoms with Gasteiger partial charge in [0.1, 0.15) is 0 Å². The summed E-state index contributed by atoms with van der Waals surface area (Å²) >= 11 is 0. The fraction of sp³-hybridized carbons (Fsp3) is 0.875. The monoisotopic (exact) mass is 157 g/mol. The van der Waals surface area contributed by atoms with Gasteiger partial charge in [0.25, 0.3) is 0 Å². The van der Waals surface area contributed by atoms with Gasteiger partial charge >= 0.3 is 0 Å². The molecule has 0 saturated carbocycles. The van der Waals surface area contributed by atoms with E-state index in [1.54, 1.807) is 0 Å². The molecule has 0 aromatic carbocycles. The van der Waals surface area contributed by atoms with Crippen LogP contribution in [0.25, 0.3) is 0 Å². The minimum atomic E-state index is -0.341. The van der Waals surface area contributed by atoms with Crippen molar-refractivity contribution < 1.29 is 9.90 Å². The molecule has 0 radical (unpaired) electrons. The molecular formula is C8H15NO2. The van der Waals surface area contributed by atoms with Crippen molar-refractivity contribution in [2.45, 2.75) is 44.8 Å². The quantitative estimate of drug-likeness (QED) is 0.624. The molecular weight excluding hydrogens is 142 g/mol. The normalized spacial score (nSPS) is 26.7. The Morgan fingerprint density at radius 3 is 3.00 bits per heavy atom. The van der Waals surface area contributed by atoms with Gasteiger partial charge < -0.3 is 10.4 Å². The molecule has 0 aromatic rings. The minimum absolute atomic E-state index is 0.0162. The van der Waals surface area contributed by atoms with Crippen LogP contribution in [0.1, 0.15) is 32.6 Å². The third-order valence-electron chi connectivity index (χ3n) is 2.08. The second-order valence-corrected chi connectivity index (χ2v) is 3.07. The number of carbonyl (C=O) groups excluding carboxylic acids is 1. The summed E-state index contributed by atoms with van der Waals surface area (Å²) in [6.07, 6.45) is 2.77. The molecule has 1 aliphatic heterocycles. The van der Waals surface area contributed by atoms with Crippen molar-refractivity contribution in [3.63, 3.8) is 0 Å². The molecule has 0 spiro atoms. The van der Waals surface area contributed by atoms with Gasteiger partial charge in [-0.25, -0.2) is 0 Å². The van der Waals surface area contributed by atoms with Crippen LogP contribution in [0.2, 0.25) is 0 Å². The van der Waals surface area contributed by atoms with E-state index >= 15 is 0 Å². The molecule has 1 amide bonds. The summed E-state index contributed by atoms with van der Waals surface area (Å²) in [6, 6.07) is 0.0162. The molecule has 0 bridgehead atoms. The van der Waals surface area contributed by atoms with Crippen molar-refractivity contribution in [3.8, 4) is 0 Å². The molecule has 1 heterocycles. The number of hydrogen-bond acceptors (Lipinski definition) is 2. The van der Waals surface area contributed by atoms with Gasteiger partial charge in [-0.15, -0.1) is 0 Å². The molecule has 2 atom stereocenters. The molecule has 11 heavy (non-hydrogen) atoms. The van der Waals surface area contributed by atoms with Gasteiger partial charge in [0.15, 0.2) is 0 Å². The first-order valence-corrected chi connectivity index (χ1v) is 4.21. The first-order valence-electron chi connectivity index (χ1n) is 4.21. The fourth-order valence-electron chi connectivity index (χ4n) is 1.42. The molecule has 3 heteroatoms. The van der Waals surface area contributed by atoms with Crippen LogP contribution in [0.4, 0.5) is 0 Å². The number of amides is 1. The average molecular weight is 157 g/mol. The lowest BCUT2D eigenvalue weighted by atomic mass is 10.1. The van der Waals surface area contributed by atoms with Crippen molar-refractivity contribution in [2.24, 2.45) is 0 Å². The Hall–Kier alpha value is -0.570. The average Bonchev–Trinajstić information content (AvgIpc) is 2.36. The summed E-state index contributed by atoms with van der Waals surface area (Å²) in [4.78, 5) is 10.7. The molecule has 1 saturated heterocycles. The maximum atomic E-state index is 10.7. The number of aliphatic hydroxyl groups excluding tert-OH is 1. The van der Waals surface area contributed by atoms with Crippen molar-refractivity contribution >= 4 is 5.91 Å². The zero-order valence-electron chi connectivity index (χ0n) is 6.84. The van der Waals surface area contributed by atoms with Crippen LogP contribution in [0.3, 0.4) is 0 Å². The number of rotatable bonds is 3. The summed E-state index contributed by atoms with van der Waals surface area (Å²) in [7, 11) is 0. The van der Waals surface area contributed by atoms with Crippen molar-refractivity contribution in [1.29, 1.82) is 0 Å². The van der Waals surface area contributed by atoms with Crippen LogP contribution < -0.4 is 5.32 Å². The second-order valence-electron chi connectivity index (χ2n) is 3.07. The zero-order chi connectivity index (χ0) is 8.27. The largest absolute Gasteiger partial charge is 0.391 e. The van der Waals surface area contributed by atoms with E-state index in [9.17, 15) is 9.90 Å². The molecule has 64 valence electrons. The SMILES string of the molecule is CCCC(O)C1CCC(=O)N1. The first-order chi connectivity index (χ1) is 5.24. The van der Waals surface area contributed by atoms with Crippen molar-refractivity contribution in [3.05, 3.63) is 0 Å². The van der Waals surface area contributed by atoms with Gasteiger partial charge in [-0.2, -0.15) is 0 Å².